The molecule has 0 aliphatic carbocycles. The Bertz CT molecular complexity index is 415. The zero-order valence-electron chi connectivity index (χ0n) is 9.14. The van der Waals surface area contributed by atoms with Gasteiger partial charge in [0, 0.05) is 25.9 Å². The van der Waals surface area contributed by atoms with Crippen LogP contribution in [-0.4, -0.2) is 39.7 Å². The van der Waals surface area contributed by atoms with Gasteiger partial charge in [-0.05, 0) is 0 Å². The monoisotopic (exact) mass is 256 g/mol. The summed E-state index contributed by atoms with van der Waals surface area (Å²) in [6.07, 6.45) is 3.60. The zero-order chi connectivity index (χ0) is 12.5. The average molecular weight is 257 g/mol. The first kappa shape index (κ1) is 12.1. The van der Waals surface area contributed by atoms with Crippen LogP contribution in [0.25, 0.3) is 0 Å². The number of amides is 1. The third kappa shape index (κ3) is 2.48. The Morgan fingerprint density at radius 2 is 1.94 bits per heavy atom. The van der Waals surface area contributed by atoms with Gasteiger partial charge in [0.15, 0.2) is 0 Å². The Hall–Kier alpha value is -1.40. The molecule has 3 N–H and O–H groups in total. The van der Waals surface area contributed by atoms with E-state index < -0.39 is 11.5 Å². The number of carbonyl (C=O) groups is 1. The van der Waals surface area contributed by atoms with Gasteiger partial charge in [0.25, 0.3) is 0 Å². The summed E-state index contributed by atoms with van der Waals surface area (Å²) in [4.78, 5) is 21.1. The molecule has 0 bridgehead atoms. The van der Waals surface area contributed by atoms with Gasteiger partial charge in [0.2, 0.25) is 11.9 Å². The number of rotatable bonds is 2. The quantitative estimate of drug-likeness (QED) is 0.774. The largest absolute Gasteiger partial charge is 0.380 e. The summed E-state index contributed by atoms with van der Waals surface area (Å²) < 4.78 is 0. The second-order valence-electron chi connectivity index (χ2n) is 4.08. The first-order chi connectivity index (χ1) is 8.01. The van der Waals surface area contributed by atoms with Crippen molar-refractivity contribution in [2.24, 2.45) is 5.73 Å². The zero-order valence-corrected chi connectivity index (χ0v) is 9.89. The molecule has 2 heterocycles. The van der Waals surface area contributed by atoms with Gasteiger partial charge in [0.1, 0.15) is 5.60 Å². The van der Waals surface area contributed by atoms with Crippen LogP contribution in [0.1, 0.15) is 12.8 Å². The third-order valence-corrected chi connectivity index (χ3v) is 3.13. The molecule has 7 heteroatoms. The van der Waals surface area contributed by atoms with Crippen molar-refractivity contribution in [2.75, 3.05) is 18.0 Å². The predicted octanol–water partition coefficient (Wildman–Crippen LogP) is -0.0534. The van der Waals surface area contributed by atoms with E-state index in [4.69, 9.17) is 17.3 Å². The van der Waals surface area contributed by atoms with E-state index in [9.17, 15) is 9.90 Å². The topological polar surface area (TPSA) is 92.3 Å². The maximum Gasteiger partial charge on any atom is 0.249 e. The standard InChI is InChI=1S/C10H13ClN4O2/c11-7-5-13-9(14-6-7)15-3-1-10(17,2-4-15)8(12)16/h5-6,17H,1-4H2,(H2,12,16). The van der Waals surface area contributed by atoms with Crippen molar-refractivity contribution in [3.8, 4) is 0 Å². The first-order valence-corrected chi connectivity index (χ1v) is 5.64. The maximum absolute atomic E-state index is 11.1. The molecule has 1 fully saturated rings. The van der Waals surface area contributed by atoms with Crippen LogP contribution in [0, 0.1) is 0 Å². The number of primary amides is 1. The molecule has 1 aromatic heterocycles. The lowest BCUT2D eigenvalue weighted by atomic mass is 9.91. The van der Waals surface area contributed by atoms with Crippen LogP contribution in [0.4, 0.5) is 5.95 Å². The minimum atomic E-state index is -1.40. The van der Waals surface area contributed by atoms with E-state index in [2.05, 4.69) is 9.97 Å². The number of nitrogens with zero attached hydrogens (tertiary/aromatic N) is 3. The van der Waals surface area contributed by atoms with Crippen LogP contribution in [0.5, 0.6) is 0 Å². The molecule has 2 rings (SSSR count). The van der Waals surface area contributed by atoms with Crippen molar-refractivity contribution in [1.29, 1.82) is 0 Å². The highest BCUT2D eigenvalue weighted by Gasteiger charge is 2.38. The minimum Gasteiger partial charge on any atom is -0.380 e. The van der Waals surface area contributed by atoms with E-state index in [0.717, 1.165) is 0 Å². The number of carbonyl (C=O) groups excluding carboxylic acids is 1. The molecule has 0 radical (unpaired) electrons. The number of aliphatic hydroxyl groups is 1. The Balaban J connectivity index is 2.04. The number of halogens is 1. The smallest absolute Gasteiger partial charge is 0.249 e. The molecular weight excluding hydrogens is 244 g/mol. The molecule has 1 aliphatic heterocycles. The highest BCUT2D eigenvalue weighted by atomic mass is 35.5. The molecule has 0 atom stereocenters. The molecule has 6 nitrogen and oxygen atoms in total. The summed E-state index contributed by atoms with van der Waals surface area (Å²) in [7, 11) is 0. The van der Waals surface area contributed by atoms with E-state index in [1.165, 1.54) is 12.4 Å². The molecule has 0 aromatic carbocycles. The summed E-state index contributed by atoms with van der Waals surface area (Å²) in [6.45, 7) is 0.974. The maximum atomic E-state index is 11.1. The Labute approximate surface area is 103 Å². The van der Waals surface area contributed by atoms with Crippen LogP contribution in [0.15, 0.2) is 12.4 Å². The number of anilines is 1. The van der Waals surface area contributed by atoms with E-state index in [0.29, 0.717) is 24.1 Å². The first-order valence-electron chi connectivity index (χ1n) is 5.26. The summed E-state index contributed by atoms with van der Waals surface area (Å²) in [6, 6.07) is 0. The van der Waals surface area contributed by atoms with Crippen molar-refractivity contribution in [2.45, 2.75) is 18.4 Å². The molecule has 1 saturated heterocycles. The molecule has 0 unspecified atom stereocenters. The van der Waals surface area contributed by atoms with Crippen LogP contribution >= 0.6 is 11.6 Å². The van der Waals surface area contributed by atoms with Crippen LogP contribution in [0.3, 0.4) is 0 Å². The van der Waals surface area contributed by atoms with Gasteiger partial charge < -0.3 is 15.7 Å². The third-order valence-electron chi connectivity index (χ3n) is 2.94. The summed E-state index contributed by atoms with van der Waals surface area (Å²) in [5.41, 5.74) is 3.75. The number of hydrogen-bond donors (Lipinski definition) is 2. The van der Waals surface area contributed by atoms with Gasteiger partial charge in [-0.15, -0.1) is 0 Å². The lowest BCUT2D eigenvalue weighted by molar-refractivity contribution is -0.138. The second-order valence-corrected chi connectivity index (χ2v) is 4.52. The molecule has 1 aromatic rings. The lowest BCUT2D eigenvalue weighted by Crippen LogP contribution is -2.52. The summed E-state index contributed by atoms with van der Waals surface area (Å²) >= 11 is 5.69. The van der Waals surface area contributed by atoms with Crippen LogP contribution in [0.2, 0.25) is 5.02 Å². The van der Waals surface area contributed by atoms with E-state index >= 15 is 0 Å². The Morgan fingerprint density at radius 1 is 1.41 bits per heavy atom. The van der Waals surface area contributed by atoms with Crippen molar-refractivity contribution < 1.29 is 9.90 Å². The van der Waals surface area contributed by atoms with E-state index in [1.54, 1.807) is 0 Å². The average Bonchev–Trinajstić information content (AvgIpc) is 2.31. The van der Waals surface area contributed by atoms with Gasteiger partial charge >= 0.3 is 0 Å². The number of nitrogens with two attached hydrogens (primary N) is 1. The highest BCUT2D eigenvalue weighted by Crippen LogP contribution is 2.24. The van der Waals surface area contributed by atoms with Gasteiger partial charge in [-0.25, -0.2) is 9.97 Å². The molecule has 17 heavy (non-hydrogen) atoms. The fourth-order valence-electron chi connectivity index (χ4n) is 1.79. The lowest BCUT2D eigenvalue weighted by Gasteiger charge is -2.35. The van der Waals surface area contributed by atoms with Gasteiger partial charge in [-0.2, -0.15) is 0 Å². The van der Waals surface area contributed by atoms with Crippen molar-refractivity contribution in [3.63, 3.8) is 0 Å². The number of aromatic nitrogens is 2. The Kier molecular flexibility index (Phi) is 3.17. The predicted molar refractivity (Wildman–Crippen MR) is 62.6 cm³/mol. The van der Waals surface area contributed by atoms with Gasteiger partial charge in [0.05, 0.1) is 17.4 Å². The minimum absolute atomic E-state index is 0.286. The highest BCUT2D eigenvalue weighted by molar-refractivity contribution is 6.30. The van der Waals surface area contributed by atoms with Crippen molar-refractivity contribution in [3.05, 3.63) is 17.4 Å². The molecular formula is C10H13ClN4O2. The fraction of sp³-hybridized carbons (Fsp3) is 0.500. The molecule has 1 aliphatic rings. The normalized spacial score (nSPS) is 19.1. The molecule has 0 saturated carbocycles. The molecule has 0 spiro atoms. The van der Waals surface area contributed by atoms with E-state index in [-0.39, 0.29) is 12.8 Å². The van der Waals surface area contributed by atoms with Crippen LogP contribution < -0.4 is 10.6 Å². The number of hydrogen-bond acceptors (Lipinski definition) is 5. The fourth-order valence-corrected chi connectivity index (χ4v) is 1.89. The molecule has 92 valence electrons. The van der Waals surface area contributed by atoms with Gasteiger partial charge in [-0.1, -0.05) is 11.6 Å². The SMILES string of the molecule is NC(=O)C1(O)CCN(c2ncc(Cl)cn2)CC1. The summed E-state index contributed by atoms with van der Waals surface area (Å²) in [5, 5.41) is 10.4. The van der Waals surface area contributed by atoms with Crippen molar-refractivity contribution >= 4 is 23.5 Å². The van der Waals surface area contributed by atoms with Gasteiger partial charge in [-0.3, -0.25) is 4.79 Å². The molecule has 1 amide bonds. The van der Waals surface area contributed by atoms with Crippen molar-refractivity contribution in [1.82, 2.24) is 9.97 Å². The summed E-state index contributed by atoms with van der Waals surface area (Å²) in [5.74, 6) is -0.130. The Morgan fingerprint density at radius 3 is 2.41 bits per heavy atom. The van der Waals surface area contributed by atoms with Crippen LogP contribution in [-0.2, 0) is 4.79 Å². The second kappa shape index (κ2) is 4.46. The number of piperidine rings is 1. The van der Waals surface area contributed by atoms with E-state index in [1.807, 2.05) is 4.90 Å².